The first kappa shape index (κ1) is 21.2. The van der Waals surface area contributed by atoms with Gasteiger partial charge in [-0.05, 0) is 0 Å². The molecule has 0 N–H and O–H groups in total. The Hall–Kier alpha value is -0.1000. The van der Waals surface area contributed by atoms with Crippen molar-refractivity contribution in [3.05, 3.63) is 35.4 Å². The molecule has 4 atom stereocenters. The molecule has 2 rings (SSSR count). The van der Waals surface area contributed by atoms with Gasteiger partial charge in [0.05, 0.1) is 21.9 Å². The molecule has 138 valence electrons. The highest BCUT2D eigenvalue weighted by Crippen LogP contribution is 2.76. The summed E-state index contributed by atoms with van der Waals surface area (Å²) in [6, 6.07) is 0. The number of hydrogen-bond acceptors (Lipinski definition) is 4. The van der Waals surface area contributed by atoms with E-state index in [1.165, 1.54) is 12.2 Å². The number of carbonyl (C=O) groups is 2. The van der Waals surface area contributed by atoms with Gasteiger partial charge in [-0.15, -0.1) is 23.2 Å². The molecule has 0 aliphatic heterocycles. The number of hydrogen-bond donors (Lipinski definition) is 0. The summed E-state index contributed by atoms with van der Waals surface area (Å²) in [6.45, 7) is 6.63. The molecule has 0 spiro atoms. The molecule has 0 aromatic carbocycles. The van der Waals surface area contributed by atoms with Crippen LogP contribution in [0.15, 0.2) is 35.4 Å². The number of carbonyl (C=O) groups excluding carboxylic acids is 2. The summed E-state index contributed by atoms with van der Waals surface area (Å²) in [5.41, 5.74) is 0. The highest BCUT2D eigenvalue weighted by molar-refractivity contribution is 6.66. The fourth-order valence-electron chi connectivity index (χ4n) is 3.04. The second kappa shape index (κ2) is 7.14. The van der Waals surface area contributed by atoms with Crippen LogP contribution in [0.3, 0.4) is 0 Å². The Balaban J connectivity index is 2.62. The van der Waals surface area contributed by atoms with Crippen molar-refractivity contribution >= 4 is 81.5 Å². The van der Waals surface area contributed by atoms with Gasteiger partial charge in [-0.2, -0.15) is 0 Å². The fourth-order valence-corrected chi connectivity index (χ4v) is 5.96. The van der Waals surface area contributed by atoms with Gasteiger partial charge < -0.3 is 9.47 Å². The number of allylic oxidation sites excluding steroid dienone is 2. The van der Waals surface area contributed by atoms with Crippen molar-refractivity contribution in [1.29, 1.82) is 0 Å². The lowest BCUT2D eigenvalue weighted by Gasteiger charge is -2.33. The molecule has 0 aromatic heterocycles. The lowest BCUT2D eigenvalue weighted by molar-refractivity contribution is -0.159. The molecule has 0 saturated heterocycles. The quantitative estimate of drug-likeness (QED) is 0.326. The SMILES string of the molecule is C=CCOC(=O)[C@@H]1[C@H](C(=O)OCC=C)[C@@]2(Cl)C(Cl)=C(Cl)[C@]1(Cl)C2(Cl)Cl. The van der Waals surface area contributed by atoms with Crippen LogP contribution in [-0.2, 0) is 19.1 Å². The zero-order valence-electron chi connectivity index (χ0n) is 12.5. The average Bonchev–Trinajstić information content (AvgIpc) is 2.77. The summed E-state index contributed by atoms with van der Waals surface area (Å²) in [7, 11) is 0. The standard InChI is InChI=1S/C15H12Cl6O4/c1-3-5-24-11(22)7-8(12(23)25-6-4-2)14(19)10(17)9(16)13(7,18)15(14,20)21/h3-4,7-8H,1-2,5-6H2/t7-,8+,13-,14+. The maximum Gasteiger partial charge on any atom is 0.312 e. The van der Waals surface area contributed by atoms with E-state index in [1.54, 1.807) is 0 Å². The van der Waals surface area contributed by atoms with Gasteiger partial charge in [-0.1, -0.05) is 71.7 Å². The zero-order valence-corrected chi connectivity index (χ0v) is 17.1. The van der Waals surface area contributed by atoms with Crippen LogP contribution in [-0.4, -0.2) is 39.2 Å². The largest absolute Gasteiger partial charge is 0.461 e. The third-order valence-corrected chi connectivity index (χ3v) is 8.39. The van der Waals surface area contributed by atoms with Crippen LogP contribution in [0.2, 0.25) is 0 Å². The minimum atomic E-state index is -2.08. The Morgan fingerprint density at radius 1 is 0.880 bits per heavy atom. The summed E-state index contributed by atoms with van der Waals surface area (Å²) in [4.78, 5) is 21.2. The van der Waals surface area contributed by atoms with E-state index in [9.17, 15) is 9.59 Å². The fraction of sp³-hybridized carbons (Fsp3) is 0.467. The van der Waals surface area contributed by atoms with E-state index in [4.69, 9.17) is 79.1 Å². The summed E-state index contributed by atoms with van der Waals surface area (Å²) in [6.07, 6.45) is 2.68. The summed E-state index contributed by atoms with van der Waals surface area (Å²) < 4.78 is 7.98. The molecule has 2 aliphatic rings. The number of rotatable bonds is 6. The molecule has 4 nitrogen and oxygen atoms in total. The van der Waals surface area contributed by atoms with E-state index in [0.29, 0.717) is 0 Å². The van der Waals surface area contributed by atoms with Crippen LogP contribution in [0.5, 0.6) is 0 Å². The van der Waals surface area contributed by atoms with E-state index in [0.717, 1.165) is 0 Å². The minimum absolute atomic E-state index is 0.126. The van der Waals surface area contributed by atoms with Crippen LogP contribution in [0.25, 0.3) is 0 Å². The Labute approximate surface area is 174 Å². The van der Waals surface area contributed by atoms with Gasteiger partial charge in [0.2, 0.25) is 0 Å². The molecule has 0 unspecified atom stereocenters. The number of ether oxygens (including phenoxy) is 2. The van der Waals surface area contributed by atoms with E-state index >= 15 is 0 Å². The molecule has 0 amide bonds. The second-order valence-corrected chi connectivity index (χ2v) is 8.69. The van der Waals surface area contributed by atoms with Gasteiger partial charge in [-0.3, -0.25) is 9.59 Å². The van der Waals surface area contributed by atoms with Crippen molar-refractivity contribution in [2.24, 2.45) is 11.8 Å². The third kappa shape index (κ3) is 2.64. The third-order valence-electron chi connectivity index (χ3n) is 4.13. The van der Waals surface area contributed by atoms with E-state index in [-0.39, 0.29) is 23.3 Å². The van der Waals surface area contributed by atoms with Crippen molar-refractivity contribution in [3.63, 3.8) is 0 Å². The van der Waals surface area contributed by atoms with E-state index in [2.05, 4.69) is 13.2 Å². The summed E-state index contributed by atoms with van der Waals surface area (Å²) >= 11 is 38.3. The smallest absolute Gasteiger partial charge is 0.312 e. The summed E-state index contributed by atoms with van der Waals surface area (Å²) in [5, 5.41) is -0.437. The van der Waals surface area contributed by atoms with Crippen molar-refractivity contribution in [3.8, 4) is 0 Å². The van der Waals surface area contributed by atoms with Crippen LogP contribution >= 0.6 is 69.6 Å². The van der Waals surface area contributed by atoms with Crippen LogP contribution in [0, 0.1) is 11.8 Å². The summed E-state index contributed by atoms with van der Waals surface area (Å²) in [5.74, 6) is -4.61. The van der Waals surface area contributed by atoms with Gasteiger partial charge in [0.15, 0.2) is 4.33 Å². The minimum Gasteiger partial charge on any atom is -0.461 e. The van der Waals surface area contributed by atoms with Crippen molar-refractivity contribution in [1.82, 2.24) is 0 Å². The monoisotopic (exact) mass is 466 g/mol. The number of alkyl halides is 4. The van der Waals surface area contributed by atoms with Crippen molar-refractivity contribution < 1.29 is 19.1 Å². The van der Waals surface area contributed by atoms with E-state index in [1.807, 2.05) is 0 Å². The number of fused-ring (bicyclic) bond motifs is 2. The molecule has 2 aliphatic carbocycles. The molecule has 25 heavy (non-hydrogen) atoms. The first-order chi connectivity index (χ1) is 11.5. The molecule has 0 aromatic rings. The molecule has 2 bridgehead atoms. The van der Waals surface area contributed by atoms with Gasteiger partial charge >= 0.3 is 11.9 Å². The Morgan fingerprint density at radius 3 is 1.48 bits per heavy atom. The van der Waals surface area contributed by atoms with Crippen LogP contribution < -0.4 is 0 Å². The molecule has 0 heterocycles. The normalized spacial score (nSPS) is 35.4. The first-order valence-electron chi connectivity index (χ1n) is 6.90. The van der Waals surface area contributed by atoms with Crippen LogP contribution in [0.4, 0.5) is 0 Å². The van der Waals surface area contributed by atoms with E-state index < -0.39 is 37.9 Å². The number of esters is 2. The highest BCUT2D eigenvalue weighted by atomic mass is 35.5. The Morgan fingerprint density at radius 2 is 1.20 bits per heavy atom. The van der Waals surface area contributed by atoms with Crippen molar-refractivity contribution in [2.45, 2.75) is 14.1 Å². The van der Waals surface area contributed by atoms with Gasteiger partial charge in [0.25, 0.3) is 0 Å². The van der Waals surface area contributed by atoms with Crippen molar-refractivity contribution in [2.75, 3.05) is 13.2 Å². The maximum atomic E-state index is 12.6. The second-order valence-electron chi connectivity index (χ2n) is 5.42. The molecular formula is C15H12Cl6O4. The average molecular weight is 469 g/mol. The molecular weight excluding hydrogens is 457 g/mol. The van der Waals surface area contributed by atoms with Gasteiger partial charge in [-0.25, -0.2) is 0 Å². The molecule has 10 heteroatoms. The predicted molar refractivity (Wildman–Crippen MR) is 99.6 cm³/mol. The topological polar surface area (TPSA) is 52.6 Å². The zero-order chi connectivity index (χ0) is 19.2. The molecule has 0 radical (unpaired) electrons. The Kier molecular flexibility index (Phi) is 6.05. The molecule has 1 fully saturated rings. The Bertz CT molecular complexity index is 621. The molecule has 1 saturated carbocycles. The van der Waals surface area contributed by atoms with Gasteiger partial charge in [0, 0.05) is 0 Å². The highest BCUT2D eigenvalue weighted by Gasteiger charge is 2.85. The van der Waals surface area contributed by atoms with Crippen LogP contribution in [0.1, 0.15) is 0 Å². The lowest BCUT2D eigenvalue weighted by atomic mass is 9.82. The number of halogens is 6. The predicted octanol–water partition coefficient (Wildman–Crippen LogP) is 4.52. The first-order valence-corrected chi connectivity index (χ1v) is 9.17. The lowest BCUT2D eigenvalue weighted by Crippen LogP contribution is -2.46. The van der Waals surface area contributed by atoms with Gasteiger partial charge in [0.1, 0.15) is 23.0 Å². The maximum absolute atomic E-state index is 12.6.